The Morgan fingerprint density at radius 1 is 1.06 bits per heavy atom. The second kappa shape index (κ2) is 5.82. The largest absolute Gasteiger partial charge is 0.497 e. The third kappa shape index (κ3) is 2.86. The maximum Gasteiger partial charge on any atom is 0.150 e. The molecule has 0 atom stereocenters. The summed E-state index contributed by atoms with van der Waals surface area (Å²) in [6.07, 6.45) is 2.73. The second-order valence-electron chi connectivity index (χ2n) is 3.86. The van der Waals surface area contributed by atoms with E-state index in [0.29, 0.717) is 5.57 Å². The molecule has 0 aliphatic heterocycles. The predicted molar refractivity (Wildman–Crippen MR) is 73.4 cm³/mol. The van der Waals surface area contributed by atoms with E-state index in [0.717, 1.165) is 23.2 Å². The second-order valence-corrected chi connectivity index (χ2v) is 3.86. The molecule has 2 nitrogen and oxygen atoms in total. The van der Waals surface area contributed by atoms with Crippen LogP contribution in [0.15, 0.2) is 54.6 Å². The Hall–Kier alpha value is -2.35. The van der Waals surface area contributed by atoms with Crippen molar-refractivity contribution in [2.75, 3.05) is 7.11 Å². The monoisotopic (exact) mass is 238 g/mol. The summed E-state index contributed by atoms with van der Waals surface area (Å²) < 4.78 is 5.16. The Morgan fingerprint density at radius 2 is 1.83 bits per heavy atom. The van der Waals surface area contributed by atoms with Crippen molar-refractivity contribution in [1.29, 1.82) is 0 Å². The fourth-order valence-corrected chi connectivity index (χ4v) is 1.72. The van der Waals surface area contributed by atoms with Crippen molar-refractivity contribution in [3.63, 3.8) is 0 Å². The Kier molecular flexibility index (Phi) is 3.92. The molecule has 2 rings (SSSR count). The highest BCUT2D eigenvalue weighted by atomic mass is 16.5. The first-order chi connectivity index (χ1) is 8.83. The highest BCUT2D eigenvalue weighted by Gasteiger charge is 2.02. The standard InChI is InChI=1S/C16H14O2/c1-18-16-9-5-8-14(11-16)15(12-17)10-13-6-3-2-4-7-13/h2-12H,1H3/b15-10-. The normalized spacial score (nSPS) is 11.1. The molecule has 0 saturated heterocycles. The Morgan fingerprint density at radius 3 is 2.50 bits per heavy atom. The SMILES string of the molecule is COc1cccc(/C(C=O)=C\c2ccccc2)c1. The zero-order valence-corrected chi connectivity index (χ0v) is 10.2. The van der Waals surface area contributed by atoms with Crippen molar-refractivity contribution in [3.05, 3.63) is 65.7 Å². The Bertz CT molecular complexity index is 556. The van der Waals surface area contributed by atoms with Crippen LogP contribution in [0.1, 0.15) is 11.1 Å². The first kappa shape index (κ1) is 12.1. The van der Waals surface area contributed by atoms with Crippen molar-refractivity contribution >= 4 is 17.9 Å². The van der Waals surface area contributed by atoms with Gasteiger partial charge in [-0.2, -0.15) is 0 Å². The van der Waals surface area contributed by atoms with E-state index in [1.165, 1.54) is 0 Å². The van der Waals surface area contributed by atoms with Crippen molar-refractivity contribution < 1.29 is 9.53 Å². The summed E-state index contributed by atoms with van der Waals surface area (Å²) in [6.45, 7) is 0. The summed E-state index contributed by atoms with van der Waals surface area (Å²) in [4.78, 5) is 11.2. The van der Waals surface area contributed by atoms with Gasteiger partial charge in [-0.1, -0.05) is 42.5 Å². The smallest absolute Gasteiger partial charge is 0.150 e. The van der Waals surface area contributed by atoms with E-state index in [2.05, 4.69) is 0 Å². The molecule has 0 amide bonds. The summed E-state index contributed by atoms with van der Waals surface area (Å²) in [7, 11) is 1.61. The Balaban J connectivity index is 2.39. The van der Waals surface area contributed by atoms with E-state index in [1.54, 1.807) is 7.11 Å². The van der Waals surface area contributed by atoms with Gasteiger partial charge in [0.25, 0.3) is 0 Å². The summed E-state index contributed by atoms with van der Waals surface area (Å²) in [5.74, 6) is 0.744. The third-order valence-electron chi connectivity index (χ3n) is 2.65. The molecule has 0 aliphatic rings. The maximum atomic E-state index is 11.2. The molecule has 0 radical (unpaired) electrons. The first-order valence-electron chi connectivity index (χ1n) is 5.70. The number of allylic oxidation sites excluding steroid dienone is 1. The number of ether oxygens (including phenoxy) is 1. The molecule has 0 saturated carbocycles. The number of benzene rings is 2. The van der Waals surface area contributed by atoms with Crippen molar-refractivity contribution in [1.82, 2.24) is 0 Å². The van der Waals surface area contributed by atoms with Gasteiger partial charge < -0.3 is 4.74 Å². The van der Waals surface area contributed by atoms with Crippen LogP contribution in [0.5, 0.6) is 5.75 Å². The molecular weight excluding hydrogens is 224 g/mol. The quantitative estimate of drug-likeness (QED) is 0.463. The summed E-state index contributed by atoms with van der Waals surface area (Å²) >= 11 is 0. The molecule has 0 fully saturated rings. The average molecular weight is 238 g/mol. The molecule has 0 bridgehead atoms. The van der Waals surface area contributed by atoms with Gasteiger partial charge in [0.1, 0.15) is 5.75 Å². The lowest BCUT2D eigenvalue weighted by Gasteiger charge is -2.04. The van der Waals surface area contributed by atoms with E-state index in [9.17, 15) is 4.79 Å². The molecule has 90 valence electrons. The van der Waals surface area contributed by atoms with E-state index in [-0.39, 0.29) is 0 Å². The van der Waals surface area contributed by atoms with Gasteiger partial charge in [-0.05, 0) is 29.3 Å². The van der Waals surface area contributed by atoms with Gasteiger partial charge in [-0.25, -0.2) is 0 Å². The Labute approximate surface area is 107 Å². The zero-order valence-electron chi connectivity index (χ0n) is 10.2. The molecule has 0 heterocycles. The minimum absolute atomic E-state index is 0.639. The number of hydrogen-bond acceptors (Lipinski definition) is 2. The van der Waals surface area contributed by atoms with Gasteiger partial charge in [0, 0.05) is 5.57 Å². The van der Waals surface area contributed by atoms with Crippen molar-refractivity contribution in [2.24, 2.45) is 0 Å². The van der Waals surface area contributed by atoms with Crippen molar-refractivity contribution in [3.8, 4) is 5.75 Å². The van der Waals surface area contributed by atoms with Crippen LogP contribution in [0.3, 0.4) is 0 Å². The lowest BCUT2D eigenvalue weighted by molar-refractivity contribution is -0.103. The van der Waals surface area contributed by atoms with Crippen LogP contribution in [-0.4, -0.2) is 13.4 Å². The number of methoxy groups -OCH3 is 1. The van der Waals surface area contributed by atoms with Gasteiger partial charge >= 0.3 is 0 Å². The van der Waals surface area contributed by atoms with Gasteiger partial charge in [0.05, 0.1) is 7.11 Å². The maximum absolute atomic E-state index is 11.2. The van der Waals surface area contributed by atoms with E-state index in [1.807, 2.05) is 60.7 Å². The molecular formula is C16H14O2. The summed E-state index contributed by atoms with van der Waals surface area (Å²) in [5.41, 5.74) is 2.50. The molecule has 0 spiro atoms. The number of rotatable bonds is 4. The number of aldehydes is 1. The highest BCUT2D eigenvalue weighted by molar-refractivity contribution is 6.13. The van der Waals surface area contributed by atoms with Crippen LogP contribution >= 0.6 is 0 Å². The van der Waals surface area contributed by atoms with E-state index < -0.39 is 0 Å². The minimum atomic E-state index is 0.639. The van der Waals surface area contributed by atoms with Crippen LogP contribution in [-0.2, 0) is 4.79 Å². The lowest BCUT2D eigenvalue weighted by Crippen LogP contribution is -1.88. The van der Waals surface area contributed by atoms with E-state index in [4.69, 9.17) is 4.74 Å². The molecule has 0 unspecified atom stereocenters. The zero-order chi connectivity index (χ0) is 12.8. The van der Waals surface area contributed by atoms with Crippen LogP contribution in [0.25, 0.3) is 11.6 Å². The minimum Gasteiger partial charge on any atom is -0.497 e. The highest BCUT2D eigenvalue weighted by Crippen LogP contribution is 2.20. The summed E-state index contributed by atoms with van der Waals surface area (Å²) in [6, 6.07) is 17.2. The lowest BCUT2D eigenvalue weighted by atomic mass is 10.0. The molecule has 18 heavy (non-hydrogen) atoms. The van der Waals surface area contributed by atoms with Gasteiger partial charge in [-0.3, -0.25) is 4.79 Å². The fraction of sp³-hybridized carbons (Fsp3) is 0.0625. The molecule has 0 aromatic heterocycles. The summed E-state index contributed by atoms with van der Waals surface area (Å²) in [5, 5.41) is 0. The number of carbonyl (C=O) groups is 1. The van der Waals surface area contributed by atoms with Gasteiger partial charge in [0.15, 0.2) is 6.29 Å². The van der Waals surface area contributed by atoms with Crippen LogP contribution in [0.4, 0.5) is 0 Å². The number of hydrogen-bond donors (Lipinski definition) is 0. The average Bonchev–Trinajstić information content (AvgIpc) is 2.46. The molecule has 2 aromatic carbocycles. The molecule has 0 aliphatic carbocycles. The predicted octanol–water partition coefficient (Wildman–Crippen LogP) is 3.43. The topological polar surface area (TPSA) is 26.3 Å². The fourth-order valence-electron chi connectivity index (χ4n) is 1.72. The van der Waals surface area contributed by atoms with Crippen LogP contribution in [0.2, 0.25) is 0 Å². The van der Waals surface area contributed by atoms with Gasteiger partial charge in [-0.15, -0.1) is 0 Å². The molecule has 2 aromatic rings. The van der Waals surface area contributed by atoms with E-state index >= 15 is 0 Å². The third-order valence-corrected chi connectivity index (χ3v) is 2.65. The van der Waals surface area contributed by atoms with Crippen molar-refractivity contribution in [2.45, 2.75) is 0 Å². The first-order valence-corrected chi connectivity index (χ1v) is 5.70. The number of carbonyl (C=O) groups excluding carboxylic acids is 1. The van der Waals surface area contributed by atoms with Crippen LogP contribution < -0.4 is 4.74 Å². The molecule has 0 N–H and O–H groups in total. The molecule has 2 heteroatoms. The van der Waals surface area contributed by atoms with Gasteiger partial charge in [0.2, 0.25) is 0 Å². The van der Waals surface area contributed by atoms with Crippen LogP contribution in [0, 0.1) is 0 Å².